The van der Waals surface area contributed by atoms with Gasteiger partial charge < -0.3 is 14.6 Å². The van der Waals surface area contributed by atoms with Crippen molar-refractivity contribution in [1.82, 2.24) is 5.32 Å². The fourth-order valence-electron chi connectivity index (χ4n) is 3.01. The highest BCUT2D eigenvalue weighted by molar-refractivity contribution is 5.96. The van der Waals surface area contributed by atoms with E-state index in [-0.39, 0.29) is 6.61 Å². The van der Waals surface area contributed by atoms with E-state index in [0.717, 1.165) is 22.4 Å². The van der Waals surface area contributed by atoms with E-state index in [1.807, 2.05) is 56.3 Å². The zero-order chi connectivity index (χ0) is 18.6. The molecule has 1 atom stereocenters. The molecule has 136 valence electrons. The Morgan fingerprint density at radius 3 is 2.73 bits per heavy atom. The summed E-state index contributed by atoms with van der Waals surface area (Å²) in [6.45, 7) is 5.06. The van der Waals surface area contributed by atoms with E-state index in [1.54, 1.807) is 0 Å². The largest absolute Gasteiger partial charge is 0.494 e. The van der Waals surface area contributed by atoms with Crippen LogP contribution in [-0.4, -0.2) is 36.9 Å². The van der Waals surface area contributed by atoms with Crippen LogP contribution in [0.25, 0.3) is 11.1 Å². The quantitative estimate of drug-likeness (QED) is 0.878. The summed E-state index contributed by atoms with van der Waals surface area (Å²) in [4.78, 5) is 15.5. The SMILES string of the molecule is CCOc1cccc(-c2cccc(C3(C)COCC(NC(=O)O)=N3)c2)c1. The molecule has 2 aromatic carbocycles. The van der Waals surface area contributed by atoms with Gasteiger partial charge in [0.1, 0.15) is 23.7 Å². The van der Waals surface area contributed by atoms with Crippen LogP contribution in [0.2, 0.25) is 0 Å². The summed E-state index contributed by atoms with van der Waals surface area (Å²) < 4.78 is 11.2. The molecule has 0 fully saturated rings. The normalized spacial score (nSPS) is 19.5. The van der Waals surface area contributed by atoms with Gasteiger partial charge in [0.2, 0.25) is 0 Å². The summed E-state index contributed by atoms with van der Waals surface area (Å²) in [5, 5.41) is 11.2. The minimum absolute atomic E-state index is 0.165. The van der Waals surface area contributed by atoms with Crippen molar-refractivity contribution in [2.24, 2.45) is 4.99 Å². The van der Waals surface area contributed by atoms with Crippen LogP contribution in [0.5, 0.6) is 5.75 Å². The second kappa shape index (κ2) is 7.58. The van der Waals surface area contributed by atoms with Gasteiger partial charge in [0.15, 0.2) is 0 Å². The molecule has 1 heterocycles. The van der Waals surface area contributed by atoms with Crippen molar-refractivity contribution in [3.05, 3.63) is 54.1 Å². The summed E-state index contributed by atoms with van der Waals surface area (Å²) in [6.07, 6.45) is -1.14. The Labute approximate surface area is 152 Å². The standard InChI is InChI=1S/C20H22N2O4/c1-3-26-17-9-5-7-15(11-17)14-6-4-8-16(10-14)20(2)13-25-12-18(22-20)21-19(23)24/h4-11H,3,12-13H2,1-2H3,(H,21,22)(H,23,24). The van der Waals surface area contributed by atoms with Crippen molar-refractivity contribution < 1.29 is 19.4 Å². The molecule has 0 aliphatic carbocycles. The van der Waals surface area contributed by atoms with Gasteiger partial charge in [0, 0.05) is 0 Å². The molecule has 1 unspecified atom stereocenters. The van der Waals surface area contributed by atoms with Gasteiger partial charge in [-0.25, -0.2) is 4.79 Å². The number of hydrogen-bond donors (Lipinski definition) is 2. The molecule has 1 aliphatic heterocycles. The van der Waals surface area contributed by atoms with Crippen molar-refractivity contribution in [2.75, 3.05) is 19.8 Å². The van der Waals surface area contributed by atoms with Crippen LogP contribution in [0.15, 0.2) is 53.5 Å². The lowest BCUT2D eigenvalue weighted by molar-refractivity contribution is 0.104. The number of nitrogens with zero attached hydrogens (tertiary/aromatic N) is 1. The highest BCUT2D eigenvalue weighted by Crippen LogP contribution is 2.32. The maximum absolute atomic E-state index is 10.9. The number of carboxylic acid groups (broad SMARTS) is 1. The number of benzene rings is 2. The molecule has 0 saturated carbocycles. The topological polar surface area (TPSA) is 80.2 Å². The fourth-order valence-corrected chi connectivity index (χ4v) is 3.01. The van der Waals surface area contributed by atoms with Crippen molar-refractivity contribution in [2.45, 2.75) is 19.4 Å². The van der Waals surface area contributed by atoms with Gasteiger partial charge in [0.25, 0.3) is 0 Å². The van der Waals surface area contributed by atoms with E-state index in [0.29, 0.717) is 19.0 Å². The van der Waals surface area contributed by atoms with Gasteiger partial charge in [-0.3, -0.25) is 10.3 Å². The number of amides is 1. The third-order valence-corrected chi connectivity index (χ3v) is 4.22. The molecular formula is C20H22N2O4. The predicted octanol–water partition coefficient (Wildman–Crippen LogP) is 3.66. The minimum atomic E-state index is -1.14. The third-order valence-electron chi connectivity index (χ3n) is 4.22. The first kappa shape index (κ1) is 17.9. The molecular weight excluding hydrogens is 332 g/mol. The monoisotopic (exact) mass is 354 g/mol. The molecule has 0 bridgehead atoms. The van der Waals surface area contributed by atoms with Crippen molar-refractivity contribution in [3.63, 3.8) is 0 Å². The molecule has 1 aliphatic rings. The first-order chi connectivity index (χ1) is 12.5. The molecule has 26 heavy (non-hydrogen) atoms. The Hall–Kier alpha value is -2.86. The summed E-state index contributed by atoms with van der Waals surface area (Å²) in [5.41, 5.74) is 2.40. The van der Waals surface area contributed by atoms with Gasteiger partial charge in [-0.05, 0) is 48.7 Å². The van der Waals surface area contributed by atoms with Crippen LogP contribution in [0.1, 0.15) is 19.4 Å². The van der Waals surface area contributed by atoms with Gasteiger partial charge in [-0.15, -0.1) is 0 Å². The Balaban J connectivity index is 1.94. The van der Waals surface area contributed by atoms with E-state index in [2.05, 4.69) is 16.4 Å². The lowest BCUT2D eigenvalue weighted by Gasteiger charge is -2.31. The molecule has 0 radical (unpaired) electrons. The van der Waals surface area contributed by atoms with Gasteiger partial charge in [0.05, 0.1) is 13.2 Å². The Morgan fingerprint density at radius 2 is 2.00 bits per heavy atom. The van der Waals surface area contributed by atoms with Crippen LogP contribution in [0.3, 0.4) is 0 Å². The summed E-state index contributed by atoms with van der Waals surface area (Å²) in [6, 6.07) is 16.0. The Bertz CT molecular complexity index is 834. The second-order valence-corrected chi connectivity index (χ2v) is 6.30. The first-order valence-electron chi connectivity index (χ1n) is 8.50. The lowest BCUT2D eigenvalue weighted by atomic mass is 9.90. The highest BCUT2D eigenvalue weighted by atomic mass is 16.5. The van der Waals surface area contributed by atoms with Gasteiger partial charge in [-0.2, -0.15) is 0 Å². The second-order valence-electron chi connectivity index (χ2n) is 6.30. The zero-order valence-electron chi connectivity index (χ0n) is 14.9. The number of nitrogens with one attached hydrogen (secondary N) is 1. The molecule has 0 aromatic heterocycles. The van der Waals surface area contributed by atoms with Crippen molar-refractivity contribution >= 4 is 11.9 Å². The van der Waals surface area contributed by atoms with Crippen LogP contribution in [-0.2, 0) is 10.3 Å². The maximum Gasteiger partial charge on any atom is 0.410 e. The maximum atomic E-state index is 10.9. The fraction of sp³-hybridized carbons (Fsp3) is 0.300. The number of aliphatic imine (C=N–C) groups is 1. The Morgan fingerprint density at radius 1 is 1.27 bits per heavy atom. The van der Waals surface area contributed by atoms with Crippen LogP contribution in [0, 0.1) is 0 Å². The Kier molecular flexibility index (Phi) is 5.23. The van der Waals surface area contributed by atoms with Crippen LogP contribution in [0.4, 0.5) is 4.79 Å². The molecule has 0 saturated heterocycles. The number of carbonyl (C=O) groups is 1. The molecule has 2 aromatic rings. The first-order valence-corrected chi connectivity index (χ1v) is 8.50. The molecule has 0 spiro atoms. The molecule has 6 heteroatoms. The number of amidine groups is 1. The number of hydrogen-bond acceptors (Lipinski definition) is 4. The number of rotatable bonds is 4. The predicted molar refractivity (Wildman–Crippen MR) is 99.8 cm³/mol. The van der Waals surface area contributed by atoms with Crippen molar-refractivity contribution in [3.8, 4) is 16.9 Å². The van der Waals surface area contributed by atoms with Crippen LogP contribution < -0.4 is 10.1 Å². The van der Waals surface area contributed by atoms with Crippen LogP contribution >= 0.6 is 0 Å². The number of ether oxygens (including phenoxy) is 2. The average Bonchev–Trinajstić information content (AvgIpc) is 2.62. The molecule has 2 N–H and O–H groups in total. The van der Waals surface area contributed by atoms with E-state index < -0.39 is 11.6 Å². The van der Waals surface area contributed by atoms with E-state index in [4.69, 9.17) is 14.6 Å². The third kappa shape index (κ3) is 4.03. The van der Waals surface area contributed by atoms with E-state index >= 15 is 0 Å². The summed E-state index contributed by atoms with van der Waals surface area (Å²) >= 11 is 0. The van der Waals surface area contributed by atoms with E-state index in [1.165, 1.54) is 0 Å². The minimum Gasteiger partial charge on any atom is -0.494 e. The molecule has 6 nitrogen and oxygen atoms in total. The summed E-state index contributed by atoms with van der Waals surface area (Å²) in [5.74, 6) is 1.14. The van der Waals surface area contributed by atoms with E-state index in [9.17, 15) is 4.79 Å². The van der Waals surface area contributed by atoms with Gasteiger partial charge >= 0.3 is 6.09 Å². The van der Waals surface area contributed by atoms with Gasteiger partial charge in [-0.1, -0.05) is 30.3 Å². The summed E-state index contributed by atoms with van der Waals surface area (Å²) in [7, 11) is 0. The average molecular weight is 354 g/mol. The smallest absolute Gasteiger partial charge is 0.410 e. The van der Waals surface area contributed by atoms with Crippen molar-refractivity contribution in [1.29, 1.82) is 0 Å². The lowest BCUT2D eigenvalue weighted by Crippen LogP contribution is -2.42. The molecule has 3 rings (SSSR count). The molecule has 1 amide bonds. The highest BCUT2D eigenvalue weighted by Gasteiger charge is 2.31. The zero-order valence-corrected chi connectivity index (χ0v) is 14.9.